The highest BCUT2D eigenvalue weighted by Crippen LogP contribution is 2.49. The molecule has 114 valence electrons. The van der Waals surface area contributed by atoms with Crippen molar-refractivity contribution >= 4 is 7.60 Å². The molecule has 0 saturated carbocycles. The minimum Gasteiger partial charge on any atom is -0.308 e. The molecule has 0 bridgehead atoms. The molecule has 1 aliphatic heterocycles. The van der Waals surface area contributed by atoms with Crippen molar-refractivity contribution in [1.82, 2.24) is 4.90 Å². The molecule has 1 saturated heterocycles. The number of nitrogens with zero attached hydrogens (tertiary/aromatic N) is 1. The van der Waals surface area contributed by atoms with Gasteiger partial charge in [-0.25, -0.2) is 0 Å². The van der Waals surface area contributed by atoms with Crippen molar-refractivity contribution in [3.05, 3.63) is 0 Å². The van der Waals surface area contributed by atoms with Gasteiger partial charge in [-0.2, -0.15) is 0 Å². The average Bonchev–Trinajstić information content (AvgIpc) is 2.40. The van der Waals surface area contributed by atoms with Gasteiger partial charge in [-0.15, -0.1) is 0 Å². The van der Waals surface area contributed by atoms with Crippen molar-refractivity contribution in [2.24, 2.45) is 0 Å². The number of likely N-dealkylation sites (tertiary alicyclic amines) is 1. The van der Waals surface area contributed by atoms with Gasteiger partial charge >= 0.3 is 7.60 Å². The van der Waals surface area contributed by atoms with Crippen molar-refractivity contribution in [1.29, 1.82) is 0 Å². The minimum atomic E-state index is -2.92. The third kappa shape index (κ3) is 7.45. The topological polar surface area (TPSA) is 38.8 Å². The van der Waals surface area contributed by atoms with Crippen LogP contribution in [0.15, 0.2) is 0 Å². The van der Waals surface area contributed by atoms with Gasteiger partial charge in [-0.1, -0.05) is 33.1 Å². The highest BCUT2D eigenvalue weighted by molar-refractivity contribution is 7.53. The first-order valence-corrected chi connectivity index (χ1v) is 9.53. The molecule has 1 heterocycles. The predicted octanol–water partition coefficient (Wildman–Crippen LogP) is 4.26. The summed E-state index contributed by atoms with van der Waals surface area (Å²) in [5, 5.41) is 0. The number of hydrogen-bond acceptors (Lipinski definition) is 4. The lowest BCUT2D eigenvalue weighted by Gasteiger charge is -2.29. The zero-order valence-electron chi connectivity index (χ0n) is 12.6. The number of piperidine rings is 1. The summed E-state index contributed by atoms with van der Waals surface area (Å²) in [6, 6.07) is 0. The summed E-state index contributed by atoms with van der Waals surface area (Å²) in [5.41, 5.74) is 0. The van der Waals surface area contributed by atoms with Crippen LogP contribution in [0.3, 0.4) is 0 Å². The van der Waals surface area contributed by atoms with Gasteiger partial charge in [0.15, 0.2) is 0 Å². The van der Waals surface area contributed by atoms with E-state index in [2.05, 4.69) is 18.7 Å². The zero-order valence-corrected chi connectivity index (χ0v) is 13.5. The second kappa shape index (κ2) is 9.93. The van der Waals surface area contributed by atoms with Crippen molar-refractivity contribution < 1.29 is 13.6 Å². The van der Waals surface area contributed by atoms with Gasteiger partial charge < -0.3 is 9.05 Å². The fraction of sp³-hybridized carbons (Fsp3) is 1.00. The molecule has 0 spiro atoms. The molecule has 1 fully saturated rings. The molecule has 0 atom stereocenters. The van der Waals surface area contributed by atoms with E-state index in [9.17, 15) is 4.57 Å². The Balaban J connectivity index is 2.43. The Hall–Kier alpha value is 0.110. The summed E-state index contributed by atoms with van der Waals surface area (Å²) < 4.78 is 24.0. The van der Waals surface area contributed by atoms with Crippen molar-refractivity contribution in [2.75, 3.05) is 32.6 Å². The van der Waals surface area contributed by atoms with E-state index in [4.69, 9.17) is 9.05 Å². The van der Waals surface area contributed by atoms with E-state index in [1.807, 2.05) is 0 Å². The lowest BCUT2D eigenvalue weighted by atomic mass is 10.1. The van der Waals surface area contributed by atoms with Crippen molar-refractivity contribution in [2.45, 2.75) is 58.8 Å². The summed E-state index contributed by atoms with van der Waals surface area (Å²) in [5.74, 6) is 0. The first kappa shape index (κ1) is 17.2. The number of rotatable bonds is 10. The van der Waals surface area contributed by atoms with Gasteiger partial charge in [0.25, 0.3) is 0 Å². The van der Waals surface area contributed by atoms with Crippen LogP contribution in [0, 0.1) is 0 Å². The third-order valence-corrected chi connectivity index (χ3v) is 5.29. The Morgan fingerprint density at radius 2 is 1.47 bits per heavy atom. The van der Waals surface area contributed by atoms with E-state index in [0.29, 0.717) is 19.5 Å². The van der Waals surface area contributed by atoms with Crippen LogP contribution in [0.5, 0.6) is 0 Å². The van der Waals surface area contributed by atoms with Crippen LogP contribution in [0.25, 0.3) is 0 Å². The summed E-state index contributed by atoms with van der Waals surface area (Å²) in [4.78, 5) is 2.24. The zero-order chi connectivity index (χ0) is 14.0. The lowest BCUT2D eigenvalue weighted by Crippen LogP contribution is -2.31. The van der Waals surface area contributed by atoms with Crippen LogP contribution >= 0.6 is 7.60 Å². The van der Waals surface area contributed by atoms with E-state index in [0.717, 1.165) is 38.8 Å². The summed E-state index contributed by atoms with van der Waals surface area (Å²) in [6.45, 7) is 7.37. The van der Waals surface area contributed by atoms with Crippen molar-refractivity contribution in [3.63, 3.8) is 0 Å². The second-order valence-corrected chi connectivity index (χ2v) is 7.33. The molecule has 0 aliphatic carbocycles. The molecular formula is C14H30NO3P. The Morgan fingerprint density at radius 1 is 0.947 bits per heavy atom. The molecular weight excluding hydrogens is 261 g/mol. The van der Waals surface area contributed by atoms with Gasteiger partial charge in [0.05, 0.1) is 13.2 Å². The minimum absolute atomic E-state index is 0.473. The third-order valence-electron chi connectivity index (χ3n) is 3.39. The first-order chi connectivity index (χ1) is 9.20. The van der Waals surface area contributed by atoms with E-state index >= 15 is 0 Å². The average molecular weight is 291 g/mol. The molecule has 0 N–H and O–H groups in total. The highest BCUT2D eigenvalue weighted by Gasteiger charge is 2.28. The molecule has 0 radical (unpaired) electrons. The van der Waals surface area contributed by atoms with Gasteiger partial charge in [-0.05, 0) is 38.8 Å². The van der Waals surface area contributed by atoms with Crippen LogP contribution in [0.2, 0.25) is 0 Å². The Kier molecular flexibility index (Phi) is 8.97. The van der Waals surface area contributed by atoms with Gasteiger partial charge in [-0.3, -0.25) is 9.46 Å². The summed E-state index contributed by atoms with van der Waals surface area (Å²) in [7, 11) is -2.92. The Bertz CT molecular complexity index is 253. The second-order valence-electron chi connectivity index (χ2n) is 5.30. The molecule has 0 amide bonds. The smallest absolute Gasteiger partial charge is 0.308 e. The number of hydrogen-bond donors (Lipinski definition) is 0. The fourth-order valence-electron chi connectivity index (χ4n) is 2.16. The van der Waals surface area contributed by atoms with Gasteiger partial charge in [0.1, 0.15) is 6.29 Å². The standard InChI is InChI=1S/C14H30NO3P/c1-3-5-12-17-19(16,18-13-6-4-2)14-15-10-8-7-9-11-15/h3-14H2,1-2H3. The maximum absolute atomic E-state index is 12.7. The molecule has 5 heteroatoms. The van der Waals surface area contributed by atoms with Crippen LogP contribution in [0.4, 0.5) is 0 Å². The summed E-state index contributed by atoms with van der Waals surface area (Å²) in [6.07, 6.45) is 8.15. The predicted molar refractivity (Wildman–Crippen MR) is 79.6 cm³/mol. The van der Waals surface area contributed by atoms with E-state index in [1.165, 1.54) is 19.3 Å². The van der Waals surface area contributed by atoms with E-state index in [1.54, 1.807) is 0 Å². The lowest BCUT2D eigenvalue weighted by molar-refractivity contribution is 0.172. The molecule has 19 heavy (non-hydrogen) atoms. The maximum atomic E-state index is 12.7. The SMILES string of the molecule is CCCCOP(=O)(CN1CCCCC1)OCCCC. The quantitative estimate of drug-likeness (QED) is 0.445. The monoisotopic (exact) mass is 291 g/mol. The Labute approximate surface area is 118 Å². The molecule has 1 aliphatic rings. The summed E-state index contributed by atoms with van der Waals surface area (Å²) >= 11 is 0. The largest absolute Gasteiger partial charge is 0.344 e. The molecule has 1 rings (SSSR count). The molecule has 0 aromatic carbocycles. The Morgan fingerprint density at radius 3 is 1.95 bits per heavy atom. The number of unbranched alkanes of at least 4 members (excludes halogenated alkanes) is 2. The highest BCUT2D eigenvalue weighted by atomic mass is 31.2. The fourth-order valence-corrected chi connectivity index (χ4v) is 3.99. The molecule has 0 aromatic heterocycles. The van der Waals surface area contributed by atoms with Crippen LogP contribution in [-0.4, -0.2) is 37.5 Å². The van der Waals surface area contributed by atoms with Crippen LogP contribution in [-0.2, 0) is 13.6 Å². The van der Waals surface area contributed by atoms with Gasteiger partial charge in [0, 0.05) is 0 Å². The van der Waals surface area contributed by atoms with E-state index < -0.39 is 7.60 Å². The normalized spacial score (nSPS) is 17.8. The van der Waals surface area contributed by atoms with E-state index in [-0.39, 0.29) is 0 Å². The molecule has 4 nitrogen and oxygen atoms in total. The van der Waals surface area contributed by atoms with Gasteiger partial charge in [0.2, 0.25) is 0 Å². The first-order valence-electron chi connectivity index (χ1n) is 7.80. The van der Waals surface area contributed by atoms with Crippen molar-refractivity contribution in [3.8, 4) is 0 Å². The molecule has 0 unspecified atom stereocenters. The van der Waals surface area contributed by atoms with Crippen LogP contribution in [0.1, 0.15) is 58.8 Å². The van der Waals surface area contributed by atoms with Crippen LogP contribution < -0.4 is 0 Å². The molecule has 0 aromatic rings. The maximum Gasteiger partial charge on any atom is 0.344 e.